The van der Waals surface area contributed by atoms with Crippen LogP contribution in [0.4, 0.5) is 4.39 Å². The average Bonchev–Trinajstić information content (AvgIpc) is 2.63. The number of halogens is 2. The van der Waals surface area contributed by atoms with Gasteiger partial charge in [-0.1, -0.05) is 6.07 Å². The van der Waals surface area contributed by atoms with Gasteiger partial charge in [0.2, 0.25) is 0 Å². The third kappa shape index (κ3) is 2.79. The van der Waals surface area contributed by atoms with E-state index in [9.17, 15) is 9.18 Å². The predicted molar refractivity (Wildman–Crippen MR) is 69.0 cm³/mol. The second kappa shape index (κ2) is 5.06. The normalized spacial score (nSPS) is 10.5. The van der Waals surface area contributed by atoms with Gasteiger partial charge in [-0.3, -0.25) is 4.79 Å². The Morgan fingerprint density at radius 2 is 2.29 bits per heavy atom. The van der Waals surface area contributed by atoms with Crippen molar-refractivity contribution in [3.63, 3.8) is 0 Å². The maximum Gasteiger partial charge on any atom is 0.173 e. The first-order chi connectivity index (χ1) is 8.08. The standard InChI is InChI=1S/C12H9BrFNOS/c1-7-6-17-11(15-7)5-10(16)12-8(13)3-2-4-9(12)14/h2-4,6H,5H2,1H3. The van der Waals surface area contributed by atoms with Gasteiger partial charge < -0.3 is 0 Å². The third-order valence-electron chi connectivity index (χ3n) is 2.22. The summed E-state index contributed by atoms with van der Waals surface area (Å²) in [4.78, 5) is 16.2. The van der Waals surface area contributed by atoms with Crippen LogP contribution in [0.2, 0.25) is 0 Å². The molecule has 2 aromatic rings. The number of aromatic nitrogens is 1. The molecule has 1 aromatic heterocycles. The van der Waals surface area contributed by atoms with Crippen LogP contribution in [0.5, 0.6) is 0 Å². The zero-order chi connectivity index (χ0) is 12.4. The summed E-state index contributed by atoms with van der Waals surface area (Å²) in [7, 11) is 0. The van der Waals surface area contributed by atoms with Gasteiger partial charge in [0, 0.05) is 15.5 Å². The number of rotatable bonds is 3. The number of Topliss-reactive ketones (excluding diaryl/α,β-unsaturated/α-hetero) is 1. The summed E-state index contributed by atoms with van der Waals surface area (Å²) < 4.78 is 14.0. The molecule has 0 atom stereocenters. The van der Waals surface area contributed by atoms with Gasteiger partial charge in [-0.25, -0.2) is 9.37 Å². The summed E-state index contributed by atoms with van der Waals surface area (Å²) in [6.07, 6.45) is 0.137. The molecular formula is C12H9BrFNOS. The first-order valence-corrected chi connectivity index (χ1v) is 6.63. The molecule has 0 saturated heterocycles. The fourth-order valence-corrected chi connectivity index (χ4v) is 2.81. The number of ketones is 1. The van der Waals surface area contributed by atoms with Gasteiger partial charge in [-0.05, 0) is 35.0 Å². The number of hydrogen-bond acceptors (Lipinski definition) is 3. The van der Waals surface area contributed by atoms with Crippen LogP contribution in [-0.4, -0.2) is 10.8 Å². The summed E-state index contributed by atoms with van der Waals surface area (Å²) in [5.41, 5.74) is 0.978. The van der Waals surface area contributed by atoms with Crippen LogP contribution in [0.1, 0.15) is 21.1 Å². The van der Waals surface area contributed by atoms with E-state index >= 15 is 0 Å². The van der Waals surface area contributed by atoms with Gasteiger partial charge in [-0.15, -0.1) is 11.3 Å². The fourth-order valence-electron chi connectivity index (χ4n) is 1.47. The molecule has 0 N–H and O–H groups in total. The van der Waals surface area contributed by atoms with Crippen molar-refractivity contribution < 1.29 is 9.18 Å². The lowest BCUT2D eigenvalue weighted by Gasteiger charge is -2.03. The molecule has 88 valence electrons. The Kier molecular flexibility index (Phi) is 3.69. The quantitative estimate of drug-likeness (QED) is 0.807. The maximum absolute atomic E-state index is 13.5. The van der Waals surface area contributed by atoms with Gasteiger partial charge >= 0.3 is 0 Å². The van der Waals surface area contributed by atoms with Gasteiger partial charge in [0.1, 0.15) is 10.8 Å². The lowest BCUT2D eigenvalue weighted by molar-refractivity contribution is 0.0988. The molecule has 2 nitrogen and oxygen atoms in total. The molecule has 0 bridgehead atoms. The SMILES string of the molecule is Cc1csc(CC(=O)c2c(F)cccc2Br)n1. The Morgan fingerprint density at radius 1 is 1.53 bits per heavy atom. The zero-order valence-corrected chi connectivity index (χ0v) is 11.4. The summed E-state index contributed by atoms with van der Waals surface area (Å²) in [5, 5.41) is 2.58. The molecule has 0 amide bonds. The summed E-state index contributed by atoms with van der Waals surface area (Å²) in [6, 6.07) is 4.50. The molecule has 0 unspecified atom stereocenters. The molecule has 0 aliphatic carbocycles. The minimum Gasteiger partial charge on any atom is -0.294 e. The van der Waals surface area contributed by atoms with E-state index < -0.39 is 5.82 Å². The predicted octanol–water partition coefficient (Wildman–Crippen LogP) is 3.78. The molecule has 1 heterocycles. The van der Waals surface area contributed by atoms with Crippen molar-refractivity contribution in [2.24, 2.45) is 0 Å². The molecule has 1 aromatic carbocycles. The molecule has 0 fully saturated rings. The number of carbonyl (C=O) groups excluding carboxylic acids is 1. The van der Waals surface area contributed by atoms with Crippen LogP contribution in [0, 0.1) is 12.7 Å². The Balaban J connectivity index is 2.26. The topological polar surface area (TPSA) is 30.0 Å². The van der Waals surface area contributed by atoms with E-state index in [1.165, 1.54) is 17.4 Å². The summed E-state index contributed by atoms with van der Waals surface area (Å²) >= 11 is 4.60. The second-order valence-electron chi connectivity index (χ2n) is 3.58. The summed E-state index contributed by atoms with van der Waals surface area (Å²) in [6.45, 7) is 1.86. The summed E-state index contributed by atoms with van der Waals surface area (Å²) in [5.74, 6) is -0.762. The highest BCUT2D eigenvalue weighted by Crippen LogP contribution is 2.22. The van der Waals surface area contributed by atoms with Crippen molar-refractivity contribution in [3.05, 3.63) is 50.1 Å². The minimum absolute atomic E-state index is 0.0975. The Labute approximate surface area is 111 Å². The van der Waals surface area contributed by atoms with Gasteiger partial charge in [0.15, 0.2) is 5.78 Å². The molecule has 5 heteroatoms. The Morgan fingerprint density at radius 3 is 2.88 bits per heavy atom. The smallest absolute Gasteiger partial charge is 0.173 e. The number of thiazole rings is 1. The highest BCUT2D eigenvalue weighted by atomic mass is 79.9. The number of benzene rings is 1. The number of hydrogen-bond donors (Lipinski definition) is 0. The second-order valence-corrected chi connectivity index (χ2v) is 5.38. The van der Waals surface area contributed by atoms with Gasteiger partial charge in [0.05, 0.1) is 12.0 Å². The van der Waals surface area contributed by atoms with E-state index in [0.29, 0.717) is 9.48 Å². The van der Waals surface area contributed by atoms with E-state index in [0.717, 1.165) is 5.69 Å². The molecule has 0 aliphatic rings. The van der Waals surface area contributed by atoms with Crippen LogP contribution in [0.15, 0.2) is 28.1 Å². The average molecular weight is 314 g/mol. The van der Waals surface area contributed by atoms with Crippen molar-refractivity contribution in [2.75, 3.05) is 0 Å². The first-order valence-electron chi connectivity index (χ1n) is 4.96. The first kappa shape index (κ1) is 12.4. The number of aryl methyl sites for hydroxylation is 1. The highest BCUT2D eigenvalue weighted by molar-refractivity contribution is 9.10. The van der Waals surface area contributed by atoms with Crippen LogP contribution < -0.4 is 0 Å². The Bertz CT molecular complexity index is 547. The number of carbonyl (C=O) groups is 1. The van der Waals surface area contributed by atoms with Crippen molar-refractivity contribution in [1.29, 1.82) is 0 Å². The lowest BCUT2D eigenvalue weighted by atomic mass is 10.1. The molecule has 0 saturated carbocycles. The van der Waals surface area contributed by atoms with Crippen LogP contribution in [0.3, 0.4) is 0 Å². The van der Waals surface area contributed by atoms with Gasteiger partial charge in [0.25, 0.3) is 0 Å². The monoisotopic (exact) mass is 313 g/mol. The van der Waals surface area contributed by atoms with E-state index in [1.54, 1.807) is 12.1 Å². The van der Waals surface area contributed by atoms with Crippen LogP contribution in [0.25, 0.3) is 0 Å². The van der Waals surface area contributed by atoms with E-state index in [1.807, 2.05) is 12.3 Å². The molecule has 0 aliphatic heterocycles. The third-order valence-corrected chi connectivity index (χ3v) is 3.85. The highest BCUT2D eigenvalue weighted by Gasteiger charge is 2.16. The molecular weight excluding hydrogens is 305 g/mol. The van der Waals surface area contributed by atoms with Crippen molar-refractivity contribution in [2.45, 2.75) is 13.3 Å². The maximum atomic E-state index is 13.5. The minimum atomic E-state index is -0.502. The van der Waals surface area contributed by atoms with Crippen molar-refractivity contribution in [1.82, 2.24) is 4.98 Å². The van der Waals surface area contributed by atoms with Crippen LogP contribution >= 0.6 is 27.3 Å². The number of nitrogens with zero attached hydrogens (tertiary/aromatic N) is 1. The lowest BCUT2D eigenvalue weighted by Crippen LogP contribution is -2.07. The van der Waals surface area contributed by atoms with Crippen molar-refractivity contribution >= 4 is 33.0 Å². The van der Waals surface area contributed by atoms with Gasteiger partial charge in [-0.2, -0.15) is 0 Å². The fraction of sp³-hybridized carbons (Fsp3) is 0.167. The molecule has 0 radical (unpaired) electrons. The van der Waals surface area contributed by atoms with E-state index in [4.69, 9.17) is 0 Å². The largest absolute Gasteiger partial charge is 0.294 e. The molecule has 17 heavy (non-hydrogen) atoms. The van der Waals surface area contributed by atoms with E-state index in [2.05, 4.69) is 20.9 Å². The van der Waals surface area contributed by atoms with Crippen molar-refractivity contribution in [3.8, 4) is 0 Å². The Hall–Kier alpha value is -1.07. The zero-order valence-electron chi connectivity index (χ0n) is 9.04. The van der Waals surface area contributed by atoms with Crippen LogP contribution in [-0.2, 0) is 6.42 Å². The molecule has 2 rings (SSSR count). The van der Waals surface area contributed by atoms with E-state index in [-0.39, 0.29) is 17.8 Å². The molecule has 0 spiro atoms.